The highest BCUT2D eigenvalue weighted by Gasteiger charge is 2.19. The number of aromatic nitrogens is 2. The third-order valence-electron chi connectivity index (χ3n) is 3.79. The molecule has 0 unspecified atom stereocenters. The fraction of sp³-hybridized carbons (Fsp3) is 0.438. The second-order valence-electron chi connectivity index (χ2n) is 5.32. The Morgan fingerprint density at radius 3 is 3.00 bits per heavy atom. The Labute approximate surface area is 119 Å². The third kappa shape index (κ3) is 2.20. The molecule has 0 aliphatic carbocycles. The molecular weight excluding hydrogens is 250 g/mol. The first kappa shape index (κ1) is 13.2. The topological polar surface area (TPSA) is 53.1 Å². The van der Waals surface area contributed by atoms with Gasteiger partial charge < -0.3 is 10.5 Å². The molecule has 2 N–H and O–H groups in total. The lowest BCUT2D eigenvalue weighted by Crippen LogP contribution is -2.00. The molecule has 1 aliphatic heterocycles. The average molecular weight is 271 g/mol. The van der Waals surface area contributed by atoms with Crippen molar-refractivity contribution in [3.63, 3.8) is 0 Å². The molecule has 1 aromatic heterocycles. The number of nitrogens with two attached hydrogens (primary N) is 1. The Morgan fingerprint density at radius 1 is 1.40 bits per heavy atom. The molecule has 106 valence electrons. The molecule has 0 spiro atoms. The summed E-state index contributed by atoms with van der Waals surface area (Å²) in [6.45, 7) is 6.46. The number of aryl methyl sites for hydroxylation is 2. The normalized spacial score (nSPS) is 13.3. The van der Waals surface area contributed by atoms with Crippen LogP contribution in [-0.2, 0) is 19.5 Å². The summed E-state index contributed by atoms with van der Waals surface area (Å²) < 4.78 is 7.71. The van der Waals surface area contributed by atoms with E-state index in [-0.39, 0.29) is 0 Å². The van der Waals surface area contributed by atoms with Gasteiger partial charge in [-0.25, -0.2) is 0 Å². The summed E-state index contributed by atoms with van der Waals surface area (Å²) in [4.78, 5) is 0. The molecule has 0 saturated carbocycles. The van der Waals surface area contributed by atoms with E-state index >= 15 is 0 Å². The van der Waals surface area contributed by atoms with Crippen LogP contribution in [0.25, 0.3) is 11.1 Å². The third-order valence-corrected chi connectivity index (χ3v) is 3.79. The molecule has 20 heavy (non-hydrogen) atoms. The number of rotatable bonds is 4. The summed E-state index contributed by atoms with van der Waals surface area (Å²) >= 11 is 0. The first-order valence-corrected chi connectivity index (χ1v) is 7.26. The Balaban J connectivity index is 2.06. The predicted molar refractivity (Wildman–Crippen MR) is 79.8 cm³/mol. The van der Waals surface area contributed by atoms with Gasteiger partial charge in [0.2, 0.25) is 0 Å². The SMILES string of the molecule is CCCn1cc(-c2cc(CN)c3c(c2)CCO3)c(C)n1. The minimum absolute atomic E-state index is 0.512. The molecule has 0 amide bonds. The number of hydrogen-bond acceptors (Lipinski definition) is 3. The van der Waals surface area contributed by atoms with Gasteiger partial charge in [0.05, 0.1) is 12.3 Å². The van der Waals surface area contributed by atoms with E-state index in [1.807, 2.05) is 4.68 Å². The fourth-order valence-electron chi connectivity index (χ4n) is 2.84. The lowest BCUT2D eigenvalue weighted by molar-refractivity contribution is 0.353. The second-order valence-corrected chi connectivity index (χ2v) is 5.32. The summed E-state index contributed by atoms with van der Waals surface area (Å²) in [5.41, 5.74) is 11.7. The Kier molecular flexibility index (Phi) is 3.49. The van der Waals surface area contributed by atoms with E-state index in [4.69, 9.17) is 10.5 Å². The summed E-state index contributed by atoms with van der Waals surface area (Å²) in [5.74, 6) is 0.995. The van der Waals surface area contributed by atoms with Crippen LogP contribution in [0.1, 0.15) is 30.2 Å². The molecule has 2 heterocycles. The van der Waals surface area contributed by atoms with Gasteiger partial charge >= 0.3 is 0 Å². The summed E-state index contributed by atoms with van der Waals surface area (Å²) in [5, 5.41) is 4.58. The molecule has 2 aromatic rings. The Bertz CT molecular complexity index is 631. The second kappa shape index (κ2) is 5.29. The molecule has 0 radical (unpaired) electrons. The van der Waals surface area contributed by atoms with E-state index in [0.29, 0.717) is 6.54 Å². The zero-order valence-electron chi connectivity index (χ0n) is 12.1. The van der Waals surface area contributed by atoms with E-state index in [1.165, 1.54) is 16.7 Å². The summed E-state index contributed by atoms with van der Waals surface area (Å²) in [6.07, 6.45) is 4.20. The van der Waals surface area contributed by atoms with Crippen molar-refractivity contribution in [2.75, 3.05) is 6.61 Å². The number of hydrogen-bond donors (Lipinski definition) is 1. The quantitative estimate of drug-likeness (QED) is 0.930. The highest BCUT2D eigenvalue weighted by molar-refractivity contribution is 5.69. The number of nitrogens with zero attached hydrogens (tertiary/aromatic N) is 2. The molecule has 0 fully saturated rings. The maximum atomic E-state index is 5.86. The van der Waals surface area contributed by atoms with E-state index in [2.05, 4.69) is 37.3 Å². The molecule has 0 atom stereocenters. The summed E-state index contributed by atoms with van der Waals surface area (Å²) in [7, 11) is 0. The van der Waals surface area contributed by atoms with Crippen LogP contribution in [0, 0.1) is 6.92 Å². The highest BCUT2D eigenvalue weighted by Crippen LogP contribution is 2.35. The summed E-state index contributed by atoms with van der Waals surface area (Å²) in [6, 6.07) is 4.37. The van der Waals surface area contributed by atoms with Gasteiger partial charge in [-0.3, -0.25) is 4.68 Å². The smallest absolute Gasteiger partial charge is 0.127 e. The standard InChI is InChI=1S/C16H21N3O/c1-3-5-19-10-15(11(2)18-19)13-7-12-4-6-20-16(12)14(8-13)9-17/h7-8,10H,3-6,9,17H2,1-2H3. The monoisotopic (exact) mass is 271 g/mol. The van der Waals surface area contributed by atoms with Crippen LogP contribution in [0.5, 0.6) is 5.75 Å². The first-order chi connectivity index (χ1) is 9.72. The van der Waals surface area contributed by atoms with Gasteiger partial charge in [-0.15, -0.1) is 0 Å². The van der Waals surface area contributed by atoms with E-state index in [9.17, 15) is 0 Å². The van der Waals surface area contributed by atoms with E-state index in [1.54, 1.807) is 0 Å². The molecule has 1 aliphatic rings. The lowest BCUT2D eigenvalue weighted by Gasteiger charge is -2.09. The molecule has 1 aromatic carbocycles. The van der Waals surface area contributed by atoms with Crippen molar-refractivity contribution in [1.29, 1.82) is 0 Å². The van der Waals surface area contributed by atoms with Gasteiger partial charge in [-0.2, -0.15) is 5.10 Å². The zero-order chi connectivity index (χ0) is 14.1. The van der Waals surface area contributed by atoms with Crippen molar-refractivity contribution in [2.45, 2.75) is 39.8 Å². The average Bonchev–Trinajstić information content (AvgIpc) is 3.04. The first-order valence-electron chi connectivity index (χ1n) is 7.26. The molecule has 4 heteroatoms. The van der Waals surface area contributed by atoms with Crippen LogP contribution >= 0.6 is 0 Å². The minimum Gasteiger partial charge on any atom is -0.493 e. The van der Waals surface area contributed by atoms with Crippen LogP contribution in [-0.4, -0.2) is 16.4 Å². The van der Waals surface area contributed by atoms with Gasteiger partial charge in [-0.1, -0.05) is 6.92 Å². The van der Waals surface area contributed by atoms with Gasteiger partial charge in [-0.05, 0) is 36.6 Å². The van der Waals surface area contributed by atoms with Gasteiger partial charge in [0.15, 0.2) is 0 Å². The van der Waals surface area contributed by atoms with Crippen LogP contribution < -0.4 is 10.5 Å². The van der Waals surface area contributed by atoms with Crippen molar-refractivity contribution in [3.8, 4) is 16.9 Å². The van der Waals surface area contributed by atoms with Crippen molar-refractivity contribution >= 4 is 0 Å². The van der Waals surface area contributed by atoms with Crippen LogP contribution in [0.3, 0.4) is 0 Å². The van der Waals surface area contributed by atoms with Crippen molar-refractivity contribution in [2.24, 2.45) is 5.73 Å². The van der Waals surface area contributed by atoms with Gasteiger partial charge in [0.25, 0.3) is 0 Å². The molecule has 0 saturated heterocycles. The van der Waals surface area contributed by atoms with E-state index in [0.717, 1.165) is 43.0 Å². The maximum Gasteiger partial charge on any atom is 0.127 e. The number of benzene rings is 1. The molecule has 0 bridgehead atoms. The van der Waals surface area contributed by atoms with Gasteiger partial charge in [0, 0.05) is 36.8 Å². The number of fused-ring (bicyclic) bond motifs is 1. The van der Waals surface area contributed by atoms with Crippen molar-refractivity contribution in [3.05, 3.63) is 35.2 Å². The maximum absolute atomic E-state index is 5.86. The largest absolute Gasteiger partial charge is 0.493 e. The van der Waals surface area contributed by atoms with Crippen LogP contribution in [0.4, 0.5) is 0 Å². The van der Waals surface area contributed by atoms with Crippen molar-refractivity contribution < 1.29 is 4.74 Å². The van der Waals surface area contributed by atoms with Gasteiger partial charge in [0.1, 0.15) is 5.75 Å². The zero-order valence-corrected chi connectivity index (χ0v) is 12.1. The van der Waals surface area contributed by atoms with Crippen molar-refractivity contribution in [1.82, 2.24) is 9.78 Å². The molecule has 3 rings (SSSR count). The molecule has 4 nitrogen and oxygen atoms in total. The fourth-order valence-corrected chi connectivity index (χ4v) is 2.84. The number of ether oxygens (including phenoxy) is 1. The lowest BCUT2D eigenvalue weighted by atomic mass is 9.99. The molecular formula is C16H21N3O. The van der Waals surface area contributed by atoms with Crippen LogP contribution in [0.2, 0.25) is 0 Å². The Hall–Kier alpha value is -1.81. The van der Waals surface area contributed by atoms with E-state index < -0.39 is 0 Å². The highest BCUT2D eigenvalue weighted by atomic mass is 16.5. The van der Waals surface area contributed by atoms with Crippen LogP contribution in [0.15, 0.2) is 18.3 Å². The predicted octanol–water partition coefficient (Wildman–Crippen LogP) is 2.66. The Morgan fingerprint density at radius 2 is 2.25 bits per heavy atom. The minimum atomic E-state index is 0.512.